The molecule has 0 fully saturated rings. The number of tetrazole rings is 1. The maximum atomic E-state index is 12.1. The van der Waals surface area contributed by atoms with Crippen molar-refractivity contribution in [3.05, 3.63) is 65.7 Å². The Morgan fingerprint density at radius 3 is 2.67 bits per heavy atom. The molecule has 0 radical (unpaired) electrons. The third-order valence-corrected chi connectivity index (χ3v) is 3.51. The normalized spacial score (nSPS) is 10.9. The summed E-state index contributed by atoms with van der Waals surface area (Å²) in [6.45, 7) is 2.03. The first-order valence-corrected chi connectivity index (χ1v) is 7.50. The van der Waals surface area contributed by atoms with Crippen molar-refractivity contribution in [2.45, 2.75) is 6.92 Å². The number of hydrogen-bond acceptors (Lipinski definition) is 4. The van der Waals surface area contributed by atoms with Crippen LogP contribution in [-0.2, 0) is 11.8 Å². The van der Waals surface area contributed by atoms with Crippen LogP contribution in [0, 0.1) is 6.92 Å². The number of aryl methyl sites for hydroxylation is 2. The van der Waals surface area contributed by atoms with Crippen LogP contribution in [0.3, 0.4) is 0 Å². The standard InChI is InChI=1S/C18H17N5O/c1-13-6-8-14(9-7-13)10-11-17(24)19-16-5-3-4-15(12-16)18-20-21-22-23(18)2/h3-12H,1-2H3,(H,19,24)/b11-10+. The van der Waals surface area contributed by atoms with Gasteiger partial charge in [-0.05, 0) is 41.1 Å². The van der Waals surface area contributed by atoms with Crippen LogP contribution < -0.4 is 5.32 Å². The van der Waals surface area contributed by atoms with Gasteiger partial charge in [0.1, 0.15) is 0 Å². The number of hydrogen-bond donors (Lipinski definition) is 1. The first-order valence-electron chi connectivity index (χ1n) is 7.50. The quantitative estimate of drug-likeness (QED) is 0.751. The van der Waals surface area contributed by atoms with Crippen LogP contribution in [0.25, 0.3) is 17.5 Å². The minimum atomic E-state index is -0.191. The Balaban J connectivity index is 1.70. The molecular formula is C18H17N5O. The molecule has 0 aliphatic carbocycles. The molecule has 120 valence electrons. The predicted octanol–water partition coefficient (Wildman–Crippen LogP) is 2.84. The molecule has 3 aromatic rings. The van der Waals surface area contributed by atoms with Crippen molar-refractivity contribution in [1.29, 1.82) is 0 Å². The van der Waals surface area contributed by atoms with Gasteiger partial charge in [0.05, 0.1) is 0 Å². The zero-order chi connectivity index (χ0) is 16.9. The molecule has 0 atom stereocenters. The summed E-state index contributed by atoms with van der Waals surface area (Å²) in [5.41, 5.74) is 3.69. The summed E-state index contributed by atoms with van der Waals surface area (Å²) < 4.78 is 1.58. The summed E-state index contributed by atoms with van der Waals surface area (Å²) in [4.78, 5) is 12.1. The molecule has 0 saturated carbocycles. The number of nitrogens with zero attached hydrogens (tertiary/aromatic N) is 4. The van der Waals surface area contributed by atoms with Crippen molar-refractivity contribution in [3.8, 4) is 11.4 Å². The van der Waals surface area contributed by atoms with E-state index in [0.29, 0.717) is 11.5 Å². The minimum absolute atomic E-state index is 0.191. The highest BCUT2D eigenvalue weighted by Crippen LogP contribution is 2.19. The van der Waals surface area contributed by atoms with Crippen LogP contribution in [0.15, 0.2) is 54.6 Å². The molecule has 6 nitrogen and oxygen atoms in total. The van der Waals surface area contributed by atoms with Crippen LogP contribution in [0.1, 0.15) is 11.1 Å². The summed E-state index contributed by atoms with van der Waals surface area (Å²) in [7, 11) is 1.77. The lowest BCUT2D eigenvalue weighted by molar-refractivity contribution is -0.111. The first kappa shape index (κ1) is 15.6. The molecule has 0 spiro atoms. The summed E-state index contributed by atoms with van der Waals surface area (Å²) in [6.07, 6.45) is 3.30. The van der Waals surface area contributed by atoms with E-state index < -0.39 is 0 Å². The van der Waals surface area contributed by atoms with Gasteiger partial charge in [-0.1, -0.05) is 42.0 Å². The maximum Gasteiger partial charge on any atom is 0.248 e. The Kier molecular flexibility index (Phi) is 4.47. The largest absolute Gasteiger partial charge is 0.322 e. The number of carbonyl (C=O) groups is 1. The highest BCUT2D eigenvalue weighted by molar-refractivity contribution is 6.02. The van der Waals surface area contributed by atoms with Gasteiger partial charge in [-0.2, -0.15) is 0 Å². The number of amides is 1. The van der Waals surface area contributed by atoms with Gasteiger partial charge < -0.3 is 5.32 Å². The van der Waals surface area contributed by atoms with Crippen molar-refractivity contribution in [3.63, 3.8) is 0 Å². The van der Waals surface area contributed by atoms with Crippen molar-refractivity contribution in [1.82, 2.24) is 20.2 Å². The molecule has 0 unspecified atom stereocenters. The van der Waals surface area contributed by atoms with E-state index in [9.17, 15) is 4.79 Å². The fourth-order valence-corrected chi connectivity index (χ4v) is 2.24. The summed E-state index contributed by atoms with van der Waals surface area (Å²) in [6, 6.07) is 15.4. The first-order chi connectivity index (χ1) is 11.6. The number of aromatic nitrogens is 4. The summed E-state index contributed by atoms with van der Waals surface area (Å²) in [5.74, 6) is 0.449. The number of anilines is 1. The van der Waals surface area contributed by atoms with Gasteiger partial charge in [-0.15, -0.1) is 5.10 Å². The Hall–Kier alpha value is -3.28. The van der Waals surface area contributed by atoms with E-state index in [1.54, 1.807) is 17.8 Å². The van der Waals surface area contributed by atoms with Crippen LogP contribution in [0.4, 0.5) is 5.69 Å². The highest BCUT2D eigenvalue weighted by atomic mass is 16.1. The Morgan fingerprint density at radius 1 is 1.17 bits per heavy atom. The zero-order valence-corrected chi connectivity index (χ0v) is 13.5. The average molecular weight is 319 g/mol. The lowest BCUT2D eigenvalue weighted by Crippen LogP contribution is -2.07. The molecule has 0 aliphatic heterocycles. The Morgan fingerprint density at radius 2 is 1.96 bits per heavy atom. The molecule has 0 saturated heterocycles. The van der Waals surface area contributed by atoms with Crippen molar-refractivity contribution >= 4 is 17.7 Å². The minimum Gasteiger partial charge on any atom is -0.322 e. The summed E-state index contributed by atoms with van der Waals surface area (Å²) >= 11 is 0. The number of benzene rings is 2. The molecule has 6 heteroatoms. The van der Waals surface area contributed by atoms with Crippen molar-refractivity contribution in [2.75, 3.05) is 5.32 Å². The lowest BCUT2D eigenvalue weighted by Gasteiger charge is -2.05. The molecule has 0 bridgehead atoms. The SMILES string of the molecule is Cc1ccc(/C=C/C(=O)Nc2cccc(-c3nnnn3C)c2)cc1. The maximum absolute atomic E-state index is 12.1. The van der Waals surface area contributed by atoms with E-state index in [1.807, 2.05) is 55.5 Å². The second-order valence-corrected chi connectivity index (χ2v) is 5.44. The van der Waals surface area contributed by atoms with Crippen LogP contribution >= 0.6 is 0 Å². The molecule has 1 N–H and O–H groups in total. The number of carbonyl (C=O) groups excluding carboxylic acids is 1. The molecule has 1 aromatic heterocycles. The van der Waals surface area contributed by atoms with Gasteiger partial charge in [0.2, 0.25) is 5.91 Å². The topological polar surface area (TPSA) is 72.7 Å². The molecule has 2 aromatic carbocycles. The lowest BCUT2D eigenvalue weighted by atomic mass is 10.1. The molecule has 3 rings (SSSR count). The number of rotatable bonds is 4. The van der Waals surface area contributed by atoms with Crippen LogP contribution in [0.2, 0.25) is 0 Å². The van der Waals surface area contributed by atoms with Gasteiger partial charge in [-0.3, -0.25) is 4.79 Å². The van der Waals surface area contributed by atoms with Gasteiger partial charge in [0.25, 0.3) is 0 Å². The van der Waals surface area contributed by atoms with E-state index in [0.717, 1.165) is 11.1 Å². The average Bonchev–Trinajstić information content (AvgIpc) is 3.01. The van der Waals surface area contributed by atoms with Gasteiger partial charge in [0.15, 0.2) is 5.82 Å². The van der Waals surface area contributed by atoms with Gasteiger partial charge in [0, 0.05) is 24.4 Å². The zero-order valence-electron chi connectivity index (χ0n) is 13.5. The smallest absolute Gasteiger partial charge is 0.248 e. The molecule has 24 heavy (non-hydrogen) atoms. The molecule has 0 aliphatic rings. The molecule has 1 heterocycles. The van der Waals surface area contributed by atoms with Crippen molar-refractivity contribution < 1.29 is 4.79 Å². The van der Waals surface area contributed by atoms with E-state index in [-0.39, 0.29) is 5.91 Å². The predicted molar refractivity (Wildman–Crippen MR) is 93.1 cm³/mol. The van der Waals surface area contributed by atoms with Crippen molar-refractivity contribution in [2.24, 2.45) is 7.05 Å². The molecule has 1 amide bonds. The number of nitrogens with one attached hydrogen (secondary N) is 1. The second-order valence-electron chi connectivity index (χ2n) is 5.44. The Bertz CT molecular complexity index is 880. The van der Waals surface area contributed by atoms with E-state index in [1.165, 1.54) is 11.6 Å². The molecular weight excluding hydrogens is 302 g/mol. The monoisotopic (exact) mass is 319 g/mol. The van der Waals surface area contributed by atoms with Crippen LogP contribution in [-0.4, -0.2) is 26.1 Å². The third kappa shape index (κ3) is 3.73. The fraction of sp³-hybridized carbons (Fsp3) is 0.111. The highest BCUT2D eigenvalue weighted by Gasteiger charge is 2.07. The van der Waals surface area contributed by atoms with Gasteiger partial charge >= 0.3 is 0 Å². The van der Waals surface area contributed by atoms with E-state index in [4.69, 9.17) is 0 Å². The Labute approximate surface area is 139 Å². The summed E-state index contributed by atoms with van der Waals surface area (Å²) in [5, 5.41) is 14.2. The van der Waals surface area contributed by atoms with Crippen LogP contribution in [0.5, 0.6) is 0 Å². The van der Waals surface area contributed by atoms with E-state index >= 15 is 0 Å². The third-order valence-electron chi connectivity index (χ3n) is 3.51. The second kappa shape index (κ2) is 6.87. The fourth-order valence-electron chi connectivity index (χ4n) is 2.24. The van der Waals surface area contributed by atoms with E-state index in [2.05, 4.69) is 20.8 Å². The van der Waals surface area contributed by atoms with Gasteiger partial charge in [-0.25, -0.2) is 4.68 Å².